The number of carbonyl (C=O) groups excluding carboxylic acids is 2. The van der Waals surface area contributed by atoms with E-state index in [0.717, 1.165) is 37.2 Å². The first-order valence-electron chi connectivity index (χ1n) is 15.1. The van der Waals surface area contributed by atoms with Gasteiger partial charge in [0.05, 0.1) is 18.2 Å². The number of benzene rings is 3. The topological polar surface area (TPSA) is 116 Å². The number of aromatic nitrogens is 3. The number of rotatable bonds is 12. The summed E-state index contributed by atoms with van der Waals surface area (Å²) in [5.74, 6) is -0.771. The van der Waals surface area contributed by atoms with Gasteiger partial charge in [0, 0.05) is 30.9 Å². The maximum atomic E-state index is 13.7. The van der Waals surface area contributed by atoms with Crippen LogP contribution >= 0.6 is 11.3 Å². The zero-order valence-electron chi connectivity index (χ0n) is 25.3. The lowest BCUT2D eigenvalue weighted by Crippen LogP contribution is -2.24. The Kier molecular flexibility index (Phi) is 9.91. The highest BCUT2D eigenvalue weighted by Crippen LogP contribution is 2.43. The van der Waals surface area contributed by atoms with E-state index in [1.807, 2.05) is 42.5 Å². The summed E-state index contributed by atoms with van der Waals surface area (Å²) in [5, 5.41) is 12.0. The molecule has 1 fully saturated rings. The average molecular weight is 636 g/mol. The van der Waals surface area contributed by atoms with E-state index in [0.29, 0.717) is 16.3 Å². The van der Waals surface area contributed by atoms with Gasteiger partial charge in [-0.3, -0.25) is 15.1 Å². The molecule has 1 N–H and O–H groups in total. The molecule has 1 aliphatic heterocycles. The number of esters is 1. The lowest BCUT2D eigenvalue weighted by molar-refractivity contribution is 0.0726. The molecule has 1 saturated heterocycles. The number of anilines is 1. The number of hydrogen-bond donors (Lipinski definition) is 1. The molecule has 0 saturated carbocycles. The molecule has 46 heavy (non-hydrogen) atoms. The van der Waals surface area contributed by atoms with E-state index < -0.39 is 11.9 Å². The molecular formula is C35H33N5O5S. The van der Waals surface area contributed by atoms with Gasteiger partial charge in [-0.05, 0) is 67.9 Å². The first-order valence-corrected chi connectivity index (χ1v) is 15.9. The van der Waals surface area contributed by atoms with Crippen LogP contribution in [-0.2, 0) is 0 Å². The van der Waals surface area contributed by atoms with Crippen molar-refractivity contribution in [2.75, 3.05) is 32.1 Å². The summed E-state index contributed by atoms with van der Waals surface area (Å²) in [6.07, 6.45) is 6.16. The smallest absolute Gasteiger partial charge is 0.343 e. The van der Waals surface area contributed by atoms with Gasteiger partial charge in [-0.25, -0.2) is 4.79 Å². The minimum atomic E-state index is -0.644. The molecule has 10 nitrogen and oxygen atoms in total. The highest BCUT2D eigenvalue weighted by atomic mass is 32.1. The molecule has 3 heterocycles. The van der Waals surface area contributed by atoms with Crippen LogP contribution in [0.5, 0.6) is 17.2 Å². The molecule has 1 aliphatic rings. The largest absolute Gasteiger partial charge is 0.490 e. The van der Waals surface area contributed by atoms with Gasteiger partial charge >= 0.3 is 5.97 Å². The minimum Gasteiger partial charge on any atom is -0.490 e. The second-order valence-corrected chi connectivity index (χ2v) is 11.7. The Morgan fingerprint density at radius 1 is 0.891 bits per heavy atom. The van der Waals surface area contributed by atoms with Crippen molar-refractivity contribution in [2.45, 2.75) is 25.4 Å². The molecular weight excluding hydrogens is 602 g/mol. The Bertz CT molecular complexity index is 1760. The number of hydrogen-bond acceptors (Lipinski definition) is 10. The Hall–Kier alpha value is -5.13. The maximum absolute atomic E-state index is 13.7. The molecule has 11 heteroatoms. The van der Waals surface area contributed by atoms with Crippen molar-refractivity contribution in [3.8, 4) is 27.8 Å². The minimum absolute atomic E-state index is 0.0587. The molecule has 0 unspecified atom stereocenters. The third kappa shape index (κ3) is 7.39. The molecule has 1 amide bonds. The van der Waals surface area contributed by atoms with Crippen molar-refractivity contribution in [2.24, 2.45) is 0 Å². The van der Waals surface area contributed by atoms with Crippen LogP contribution in [-0.4, -0.2) is 58.7 Å². The zero-order chi connectivity index (χ0) is 31.7. The maximum Gasteiger partial charge on any atom is 0.343 e. The summed E-state index contributed by atoms with van der Waals surface area (Å²) in [7, 11) is 1.46. The van der Waals surface area contributed by atoms with Gasteiger partial charge in [0.1, 0.15) is 11.1 Å². The van der Waals surface area contributed by atoms with Crippen LogP contribution < -0.4 is 19.5 Å². The van der Waals surface area contributed by atoms with E-state index in [1.54, 1.807) is 54.9 Å². The first kappa shape index (κ1) is 30.9. The van der Waals surface area contributed by atoms with E-state index in [1.165, 1.54) is 31.3 Å². The second-order valence-electron chi connectivity index (χ2n) is 10.7. The summed E-state index contributed by atoms with van der Waals surface area (Å²) >= 11 is 1.21. The van der Waals surface area contributed by atoms with E-state index >= 15 is 0 Å². The number of nitrogens with zero attached hydrogens (tertiary/aromatic N) is 4. The molecule has 1 atom stereocenters. The number of methoxy groups -OCH3 is 1. The van der Waals surface area contributed by atoms with Gasteiger partial charge in [-0.1, -0.05) is 59.9 Å². The third-order valence-electron chi connectivity index (χ3n) is 7.65. The average Bonchev–Trinajstić information content (AvgIpc) is 3.80. The normalized spacial score (nSPS) is 13.6. The van der Waals surface area contributed by atoms with E-state index in [4.69, 9.17) is 14.2 Å². The van der Waals surface area contributed by atoms with Gasteiger partial charge < -0.3 is 19.1 Å². The van der Waals surface area contributed by atoms with E-state index in [-0.39, 0.29) is 28.3 Å². The number of pyridine rings is 1. The molecule has 0 spiro atoms. The molecule has 3 aromatic carbocycles. The number of amides is 1. The van der Waals surface area contributed by atoms with Crippen molar-refractivity contribution in [1.82, 2.24) is 20.1 Å². The molecule has 5 aromatic rings. The molecule has 2 aromatic heterocycles. The van der Waals surface area contributed by atoms with Crippen LogP contribution in [0, 0.1) is 0 Å². The highest BCUT2D eigenvalue weighted by Gasteiger charge is 2.27. The Morgan fingerprint density at radius 3 is 2.33 bits per heavy atom. The summed E-state index contributed by atoms with van der Waals surface area (Å²) in [6, 6.07) is 25.4. The number of ether oxygens (including phenoxy) is 3. The van der Waals surface area contributed by atoms with Gasteiger partial charge in [0.2, 0.25) is 10.9 Å². The van der Waals surface area contributed by atoms with Crippen molar-refractivity contribution < 1.29 is 23.8 Å². The van der Waals surface area contributed by atoms with Crippen LogP contribution in [0.25, 0.3) is 10.6 Å². The van der Waals surface area contributed by atoms with Crippen molar-refractivity contribution >= 4 is 28.3 Å². The fourth-order valence-corrected chi connectivity index (χ4v) is 6.05. The predicted molar refractivity (Wildman–Crippen MR) is 176 cm³/mol. The quantitative estimate of drug-likeness (QED) is 0.118. The van der Waals surface area contributed by atoms with Crippen LogP contribution in [0.15, 0.2) is 97.3 Å². The number of nitrogens with one attached hydrogen (secondary N) is 1. The molecule has 6 rings (SSSR count). The fraction of sp³-hybridized carbons (Fsp3) is 0.229. The van der Waals surface area contributed by atoms with Crippen LogP contribution in [0.1, 0.15) is 51.6 Å². The standard InChI is InChI=1S/C35H33N5O5S/c1-43-31-29(44-28(24-10-4-2-5-11-24)18-23-40-21-8-9-22-40)15-14-27(30(31)45-34(42)26-12-6-3-7-13-26)32(41)37-35-39-38-33(46-35)25-16-19-36-20-17-25/h2-7,10-17,19-20,28H,8-9,18,21-23H2,1H3,(H,37,39,41)/t28-/m0/s1. The summed E-state index contributed by atoms with van der Waals surface area (Å²) < 4.78 is 18.3. The molecule has 234 valence electrons. The Morgan fingerprint density at radius 2 is 1.61 bits per heavy atom. The van der Waals surface area contributed by atoms with Crippen molar-refractivity contribution in [3.63, 3.8) is 0 Å². The van der Waals surface area contributed by atoms with Crippen LogP contribution in [0.4, 0.5) is 5.13 Å². The summed E-state index contributed by atoms with van der Waals surface area (Å²) in [5.41, 5.74) is 2.23. The lowest BCUT2D eigenvalue weighted by atomic mass is 10.1. The number of carbonyl (C=O) groups is 2. The second kappa shape index (κ2) is 14.8. The monoisotopic (exact) mass is 635 g/mol. The fourth-order valence-electron chi connectivity index (χ4n) is 5.31. The van der Waals surface area contributed by atoms with Gasteiger partial charge in [-0.2, -0.15) is 0 Å². The van der Waals surface area contributed by atoms with Gasteiger partial charge in [0.15, 0.2) is 11.5 Å². The predicted octanol–water partition coefficient (Wildman–Crippen LogP) is 6.69. The van der Waals surface area contributed by atoms with Crippen LogP contribution in [0.2, 0.25) is 0 Å². The molecule has 0 radical (unpaired) electrons. The lowest BCUT2D eigenvalue weighted by Gasteiger charge is -2.25. The molecule has 0 bridgehead atoms. The first-order chi connectivity index (χ1) is 22.6. The SMILES string of the molecule is COc1c(O[C@@H](CCN2CCCC2)c2ccccc2)ccc(C(=O)Nc2nnc(-c3ccncc3)s2)c1OC(=O)c1ccccc1. The summed E-state index contributed by atoms with van der Waals surface area (Å²) in [4.78, 5) is 33.5. The number of likely N-dealkylation sites (tertiary alicyclic amines) is 1. The zero-order valence-corrected chi connectivity index (χ0v) is 26.1. The van der Waals surface area contributed by atoms with Crippen LogP contribution in [0.3, 0.4) is 0 Å². The Balaban J connectivity index is 1.32. The third-order valence-corrected chi connectivity index (χ3v) is 8.54. The highest BCUT2D eigenvalue weighted by molar-refractivity contribution is 7.18. The Labute approximate surface area is 271 Å². The van der Waals surface area contributed by atoms with Crippen molar-refractivity contribution in [1.29, 1.82) is 0 Å². The van der Waals surface area contributed by atoms with E-state index in [2.05, 4.69) is 25.4 Å². The summed E-state index contributed by atoms with van der Waals surface area (Å²) in [6.45, 7) is 3.03. The van der Waals surface area contributed by atoms with Gasteiger partial charge in [-0.15, -0.1) is 10.2 Å². The van der Waals surface area contributed by atoms with E-state index in [9.17, 15) is 9.59 Å². The molecule has 0 aliphatic carbocycles. The van der Waals surface area contributed by atoms with Gasteiger partial charge in [0.25, 0.3) is 5.91 Å². The van der Waals surface area contributed by atoms with Crippen molar-refractivity contribution in [3.05, 3.63) is 114 Å².